The van der Waals surface area contributed by atoms with Gasteiger partial charge in [0, 0.05) is 12.6 Å². The van der Waals surface area contributed by atoms with E-state index in [9.17, 15) is 4.79 Å². The largest absolute Gasteiger partial charge is 0.487 e. The molecule has 5 nitrogen and oxygen atoms in total. The molecule has 1 aliphatic carbocycles. The monoisotopic (exact) mass is 368 g/mol. The summed E-state index contributed by atoms with van der Waals surface area (Å²) in [6.07, 6.45) is 4.70. The second kappa shape index (κ2) is 10.5. The van der Waals surface area contributed by atoms with Crippen molar-refractivity contribution < 1.29 is 14.3 Å². The van der Waals surface area contributed by atoms with E-state index in [2.05, 4.69) is 17.6 Å². The van der Waals surface area contributed by atoms with Crippen LogP contribution in [0.2, 0.25) is 5.02 Å². The van der Waals surface area contributed by atoms with E-state index in [0.29, 0.717) is 36.5 Å². The molecule has 0 aromatic heterocycles. The SMILES string of the molecule is CCOCCOc1c(Cl)cccc1NCC(=O)NC1CCCCC1C. The second-order valence-electron chi connectivity index (χ2n) is 6.45. The van der Waals surface area contributed by atoms with E-state index in [0.717, 1.165) is 12.1 Å². The zero-order valence-corrected chi connectivity index (χ0v) is 15.9. The number of amides is 1. The number of carbonyl (C=O) groups is 1. The van der Waals surface area contributed by atoms with Gasteiger partial charge in [0.2, 0.25) is 5.91 Å². The third-order valence-corrected chi connectivity index (χ3v) is 4.84. The molecule has 2 rings (SSSR count). The van der Waals surface area contributed by atoms with Gasteiger partial charge in [0.25, 0.3) is 0 Å². The lowest BCUT2D eigenvalue weighted by molar-refractivity contribution is -0.120. The normalized spacial score (nSPS) is 20.1. The molecule has 1 aromatic rings. The molecule has 1 aromatic carbocycles. The Bertz CT molecular complexity index is 553. The summed E-state index contributed by atoms with van der Waals surface area (Å²) in [4.78, 5) is 12.3. The van der Waals surface area contributed by atoms with Gasteiger partial charge in [-0.25, -0.2) is 0 Å². The average Bonchev–Trinajstić information content (AvgIpc) is 2.60. The maximum atomic E-state index is 12.3. The fourth-order valence-electron chi connectivity index (χ4n) is 3.11. The van der Waals surface area contributed by atoms with Crippen molar-refractivity contribution in [3.05, 3.63) is 23.2 Å². The standard InChI is InChI=1S/C19H29ClN2O3/c1-3-24-11-12-25-19-15(20)8-6-10-17(19)21-13-18(23)22-16-9-5-4-7-14(16)2/h6,8,10,14,16,21H,3-5,7,9,11-13H2,1-2H3,(H,22,23). The summed E-state index contributed by atoms with van der Waals surface area (Å²) in [6.45, 7) is 5.91. The van der Waals surface area contributed by atoms with E-state index in [1.807, 2.05) is 19.1 Å². The Labute approximate surface area is 155 Å². The molecule has 2 unspecified atom stereocenters. The highest BCUT2D eigenvalue weighted by Gasteiger charge is 2.22. The first kappa shape index (κ1) is 19.9. The van der Waals surface area contributed by atoms with Crippen LogP contribution in [0, 0.1) is 5.92 Å². The molecule has 1 aliphatic rings. The average molecular weight is 369 g/mol. The van der Waals surface area contributed by atoms with Crippen LogP contribution in [-0.2, 0) is 9.53 Å². The van der Waals surface area contributed by atoms with Crippen molar-refractivity contribution in [3.8, 4) is 5.75 Å². The Hall–Kier alpha value is -1.46. The molecule has 1 fully saturated rings. The van der Waals surface area contributed by atoms with Gasteiger partial charge in [-0.1, -0.05) is 37.4 Å². The lowest BCUT2D eigenvalue weighted by Gasteiger charge is -2.29. The summed E-state index contributed by atoms with van der Waals surface area (Å²) in [7, 11) is 0. The van der Waals surface area contributed by atoms with Crippen LogP contribution in [-0.4, -0.2) is 38.3 Å². The first-order chi connectivity index (χ1) is 12.1. The molecule has 140 valence electrons. The maximum Gasteiger partial charge on any atom is 0.239 e. The van der Waals surface area contributed by atoms with E-state index in [1.165, 1.54) is 19.3 Å². The number of carbonyl (C=O) groups excluding carboxylic acids is 1. The minimum absolute atomic E-state index is 0.000933. The fraction of sp³-hybridized carbons (Fsp3) is 0.632. The summed E-state index contributed by atoms with van der Waals surface area (Å²) in [5.74, 6) is 1.10. The van der Waals surface area contributed by atoms with Crippen LogP contribution >= 0.6 is 11.6 Å². The number of para-hydroxylation sites is 1. The Kier molecular flexibility index (Phi) is 8.35. The van der Waals surface area contributed by atoms with E-state index in [-0.39, 0.29) is 18.5 Å². The van der Waals surface area contributed by atoms with Crippen molar-refractivity contribution in [1.82, 2.24) is 5.32 Å². The van der Waals surface area contributed by atoms with Gasteiger partial charge in [-0.15, -0.1) is 0 Å². The third-order valence-electron chi connectivity index (χ3n) is 4.54. The summed E-state index contributed by atoms with van der Waals surface area (Å²) < 4.78 is 11.0. The summed E-state index contributed by atoms with van der Waals surface area (Å²) in [5.41, 5.74) is 0.718. The number of rotatable bonds is 9. The van der Waals surface area contributed by atoms with Gasteiger partial charge in [-0.2, -0.15) is 0 Å². The minimum atomic E-state index is -0.000933. The van der Waals surface area contributed by atoms with Crippen LogP contribution in [0.1, 0.15) is 39.5 Å². The number of hydrogen-bond acceptors (Lipinski definition) is 4. The highest BCUT2D eigenvalue weighted by atomic mass is 35.5. The minimum Gasteiger partial charge on any atom is -0.487 e. The Morgan fingerprint density at radius 1 is 1.28 bits per heavy atom. The number of benzene rings is 1. The van der Waals surface area contributed by atoms with Gasteiger partial charge in [0.1, 0.15) is 6.61 Å². The molecule has 0 saturated heterocycles. The van der Waals surface area contributed by atoms with Gasteiger partial charge >= 0.3 is 0 Å². The lowest BCUT2D eigenvalue weighted by atomic mass is 9.86. The molecule has 0 radical (unpaired) electrons. The molecule has 0 spiro atoms. The van der Waals surface area contributed by atoms with E-state index >= 15 is 0 Å². The lowest BCUT2D eigenvalue weighted by Crippen LogP contribution is -2.43. The molecule has 2 atom stereocenters. The summed E-state index contributed by atoms with van der Waals surface area (Å²) in [5, 5.41) is 6.79. The van der Waals surface area contributed by atoms with Crippen LogP contribution < -0.4 is 15.4 Å². The van der Waals surface area contributed by atoms with Crippen LogP contribution in [0.3, 0.4) is 0 Å². The van der Waals surface area contributed by atoms with Crippen molar-refractivity contribution in [1.29, 1.82) is 0 Å². The van der Waals surface area contributed by atoms with Crippen molar-refractivity contribution >= 4 is 23.2 Å². The molecular weight excluding hydrogens is 340 g/mol. The molecule has 1 saturated carbocycles. The molecule has 6 heteroatoms. The molecule has 1 amide bonds. The predicted molar refractivity (Wildman–Crippen MR) is 101 cm³/mol. The first-order valence-corrected chi connectivity index (χ1v) is 9.52. The molecular formula is C19H29ClN2O3. The fourth-order valence-corrected chi connectivity index (χ4v) is 3.33. The molecule has 2 N–H and O–H groups in total. The summed E-state index contributed by atoms with van der Waals surface area (Å²) >= 11 is 6.23. The summed E-state index contributed by atoms with van der Waals surface area (Å²) in [6, 6.07) is 5.75. The van der Waals surface area contributed by atoms with E-state index in [4.69, 9.17) is 21.1 Å². The Morgan fingerprint density at radius 2 is 2.08 bits per heavy atom. The number of hydrogen-bond donors (Lipinski definition) is 2. The van der Waals surface area contributed by atoms with Crippen molar-refractivity contribution in [2.75, 3.05) is 31.7 Å². The number of halogens is 1. The zero-order valence-electron chi connectivity index (χ0n) is 15.1. The van der Waals surface area contributed by atoms with Crippen molar-refractivity contribution in [2.45, 2.75) is 45.6 Å². The van der Waals surface area contributed by atoms with Gasteiger partial charge < -0.3 is 20.1 Å². The predicted octanol–water partition coefficient (Wildman–Crippen LogP) is 3.86. The number of ether oxygens (including phenoxy) is 2. The van der Waals surface area contributed by atoms with E-state index < -0.39 is 0 Å². The van der Waals surface area contributed by atoms with Gasteiger partial charge in [0.05, 0.1) is 23.9 Å². The zero-order chi connectivity index (χ0) is 18.1. The molecule has 0 aliphatic heterocycles. The molecule has 0 bridgehead atoms. The molecule has 0 heterocycles. The number of nitrogens with one attached hydrogen (secondary N) is 2. The quantitative estimate of drug-likeness (QED) is 0.650. The number of anilines is 1. The van der Waals surface area contributed by atoms with Gasteiger partial charge in [0.15, 0.2) is 5.75 Å². The molecule has 25 heavy (non-hydrogen) atoms. The van der Waals surface area contributed by atoms with E-state index in [1.54, 1.807) is 6.07 Å². The Morgan fingerprint density at radius 3 is 2.84 bits per heavy atom. The Balaban J connectivity index is 1.86. The third kappa shape index (κ3) is 6.40. The van der Waals surface area contributed by atoms with Crippen LogP contribution in [0.4, 0.5) is 5.69 Å². The highest BCUT2D eigenvalue weighted by molar-refractivity contribution is 6.32. The first-order valence-electron chi connectivity index (χ1n) is 9.14. The van der Waals surface area contributed by atoms with Crippen LogP contribution in [0.5, 0.6) is 5.75 Å². The topological polar surface area (TPSA) is 59.6 Å². The smallest absolute Gasteiger partial charge is 0.239 e. The van der Waals surface area contributed by atoms with Crippen LogP contribution in [0.25, 0.3) is 0 Å². The maximum absolute atomic E-state index is 12.3. The van der Waals surface area contributed by atoms with Gasteiger partial charge in [-0.05, 0) is 37.8 Å². The van der Waals surface area contributed by atoms with Crippen LogP contribution in [0.15, 0.2) is 18.2 Å². The van der Waals surface area contributed by atoms with Crippen molar-refractivity contribution in [2.24, 2.45) is 5.92 Å². The van der Waals surface area contributed by atoms with Gasteiger partial charge in [-0.3, -0.25) is 4.79 Å². The van der Waals surface area contributed by atoms with Crippen molar-refractivity contribution in [3.63, 3.8) is 0 Å². The second-order valence-corrected chi connectivity index (χ2v) is 6.86. The highest BCUT2D eigenvalue weighted by Crippen LogP contribution is 2.32.